The van der Waals surface area contributed by atoms with Crippen LogP contribution >= 0.6 is 23.4 Å². The molecule has 3 rings (SSSR count). The second-order valence-corrected chi connectivity index (χ2v) is 8.16. The van der Waals surface area contributed by atoms with Gasteiger partial charge in [0.1, 0.15) is 0 Å². The molecule has 1 aliphatic rings. The third-order valence-corrected chi connectivity index (χ3v) is 6.19. The Morgan fingerprint density at radius 1 is 1.23 bits per heavy atom. The molecule has 1 saturated heterocycles. The Balaban J connectivity index is 1.61. The molecule has 2 N–H and O–H groups in total. The predicted molar refractivity (Wildman–Crippen MR) is 107 cm³/mol. The Kier molecular flexibility index (Phi) is 6.43. The third-order valence-electron chi connectivity index (χ3n) is 4.84. The largest absolute Gasteiger partial charge is 0.370 e. The third kappa shape index (κ3) is 4.71. The van der Waals surface area contributed by atoms with Gasteiger partial charge in [-0.3, -0.25) is 9.59 Å². The van der Waals surface area contributed by atoms with Crippen LogP contribution in [0.2, 0.25) is 5.02 Å². The van der Waals surface area contributed by atoms with Crippen LogP contribution in [-0.4, -0.2) is 35.6 Å². The van der Waals surface area contributed by atoms with Gasteiger partial charge in [0.15, 0.2) is 0 Å². The Bertz CT molecular complexity index is 806. The summed E-state index contributed by atoms with van der Waals surface area (Å²) in [5.74, 6) is 0.643. The number of carbonyl (C=O) groups is 2. The Morgan fingerprint density at radius 3 is 2.77 bits per heavy atom. The van der Waals surface area contributed by atoms with Crippen LogP contribution in [0.4, 0.5) is 0 Å². The fraction of sp³-hybridized carbons (Fsp3) is 0.400. The summed E-state index contributed by atoms with van der Waals surface area (Å²) in [6.07, 6.45) is 3.21. The summed E-state index contributed by atoms with van der Waals surface area (Å²) in [4.78, 5) is 26.6. The van der Waals surface area contributed by atoms with Crippen molar-refractivity contribution in [2.24, 2.45) is 11.7 Å². The molecule has 1 unspecified atom stereocenters. The number of thioether (sulfide) groups is 1. The predicted octanol–water partition coefficient (Wildman–Crippen LogP) is 4.09. The molecule has 0 bridgehead atoms. The molecular formula is C20H23ClN2O2S. The molecule has 1 atom stereocenters. The van der Waals surface area contributed by atoms with E-state index in [2.05, 4.69) is 0 Å². The highest BCUT2D eigenvalue weighted by molar-refractivity contribution is 8.00. The van der Waals surface area contributed by atoms with Gasteiger partial charge in [-0.15, -0.1) is 11.8 Å². The van der Waals surface area contributed by atoms with E-state index in [9.17, 15) is 9.59 Å². The van der Waals surface area contributed by atoms with Crippen molar-refractivity contribution in [2.75, 3.05) is 18.8 Å². The average molecular weight is 391 g/mol. The minimum absolute atomic E-state index is 0.142. The Morgan fingerprint density at radius 2 is 2.00 bits per heavy atom. The van der Waals surface area contributed by atoms with Crippen LogP contribution in [0.15, 0.2) is 41.3 Å². The fourth-order valence-electron chi connectivity index (χ4n) is 3.49. The first-order chi connectivity index (χ1) is 12.5. The maximum absolute atomic E-state index is 12.7. The van der Waals surface area contributed by atoms with E-state index in [1.165, 1.54) is 11.8 Å². The highest BCUT2D eigenvalue weighted by Gasteiger charge is 2.24. The van der Waals surface area contributed by atoms with Gasteiger partial charge in [-0.1, -0.05) is 35.9 Å². The standard InChI is InChI=1S/C20H23ClN2O2S/c21-16-7-1-5-15-6-2-8-17(20(15)16)26-13-19(25)23-11-3-4-14(12-23)9-10-18(22)24/h1-2,5-8,14H,3-4,9-13H2,(H2,22,24). The molecule has 1 heterocycles. The zero-order chi connectivity index (χ0) is 18.5. The van der Waals surface area contributed by atoms with E-state index in [0.717, 1.165) is 48.0 Å². The summed E-state index contributed by atoms with van der Waals surface area (Å²) in [6.45, 7) is 1.52. The number of nitrogens with zero attached hydrogens (tertiary/aromatic N) is 1. The topological polar surface area (TPSA) is 63.4 Å². The SMILES string of the molecule is NC(=O)CCC1CCCN(C(=O)CSc2cccc3cccc(Cl)c23)C1. The van der Waals surface area contributed by atoms with Gasteiger partial charge in [-0.25, -0.2) is 0 Å². The van der Waals surface area contributed by atoms with Gasteiger partial charge in [0, 0.05) is 34.8 Å². The summed E-state index contributed by atoms with van der Waals surface area (Å²) in [7, 11) is 0. The lowest BCUT2D eigenvalue weighted by Crippen LogP contribution is -2.41. The second-order valence-electron chi connectivity index (χ2n) is 6.74. The number of carbonyl (C=O) groups excluding carboxylic acids is 2. The Hall–Kier alpha value is -1.72. The van der Waals surface area contributed by atoms with Crippen molar-refractivity contribution in [1.82, 2.24) is 4.90 Å². The highest BCUT2D eigenvalue weighted by atomic mass is 35.5. The molecule has 26 heavy (non-hydrogen) atoms. The molecule has 1 aliphatic heterocycles. The number of likely N-dealkylation sites (tertiary alicyclic amines) is 1. The highest BCUT2D eigenvalue weighted by Crippen LogP contribution is 2.33. The van der Waals surface area contributed by atoms with Crippen molar-refractivity contribution in [3.05, 3.63) is 41.4 Å². The zero-order valence-electron chi connectivity index (χ0n) is 14.6. The molecular weight excluding hydrogens is 368 g/mol. The lowest BCUT2D eigenvalue weighted by molar-refractivity contribution is -0.130. The number of rotatable bonds is 6. The molecule has 0 spiro atoms. The first-order valence-corrected chi connectivity index (χ1v) is 10.3. The molecule has 6 heteroatoms. The number of fused-ring (bicyclic) bond motifs is 1. The number of hydrogen-bond donors (Lipinski definition) is 1. The average Bonchev–Trinajstić information content (AvgIpc) is 2.64. The van der Waals surface area contributed by atoms with Gasteiger partial charge < -0.3 is 10.6 Å². The van der Waals surface area contributed by atoms with Crippen LogP contribution in [0.5, 0.6) is 0 Å². The fourth-order valence-corrected chi connectivity index (χ4v) is 4.83. The van der Waals surface area contributed by atoms with Gasteiger partial charge >= 0.3 is 0 Å². The monoisotopic (exact) mass is 390 g/mol. The van der Waals surface area contributed by atoms with Gasteiger partial charge in [0.25, 0.3) is 0 Å². The molecule has 2 aromatic rings. The van der Waals surface area contributed by atoms with Crippen LogP contribution in [0.3, 0.4) is 0 Å². The van der Waals surface area contributed by atoms with Crippen LogP contribution in [0.25, 0.3) is 10.8 Å². The number of primary amides is 1. The summed E-state index contributed by atoms with van der Waals surface area (Å²) in [5, 5.41) is 2.80. The molecule has 1 fully saturated rings. The van der Waals surface area contributed by atoms with Gasteiger partial charge in [0.2, 0.25) is 11.8 Å². The van der Waals surface area contributed by atoms with Gasteiger partial charge in [-0.05, 0) is 42.7 Å². The molecule has 0 radical (unpaired) electrons. The first-order valence-electron chi connectivity index (χ1n) is 8.90. The van der Waals surface area contributed by atoms with E-state index in [4.69, 9.17) is 17.3 Å². The van der Waals surface area contributed by atoms with E-state index in [1.54, 1.807) is 0 Å². The van der Waals surface area contributed by atoms with E-state index in [0.29, 0.717) is 23.1 Å². The summed E-state index contributed by atoms with van der Waals surface area (Å²) < 4.78 is 0. The number of nitrogens with two attached hydrogens (primary N) is 1. The minimum atomic E-state index is -0.267. The maximum atomic E-state index is 12.7. The normalized spacial score (nSPS) is 17.4. The number of hydrogen-bond acceptors (Lipinski definition) is 3. The Labute approximate surface area is 163 Å². The molecule has 0 aliphatic carbocycles. The van der Waals surface area contributed by atoms with E-state index < -0.39 is 0 Å². The smallest absolute Gasteiger partial charge is 0.232 e. The van der Waals surface area contributed by atoms with E-state index in [1.807, 2.05) is 41.3 Å². The lowest BCUT2D eigenvalue weighted by Gasteiger charge is -2.32. The van der Waals surface area contributed by atoms with Crippen LogP contribution in [0.1, 0.15) is 25.7 Å². The molecule has 0 saturated carbocycles. The van der Waals surface area contributed by atoms with Crippen LogP contribution in [-0.2, 0) is 9.59 Å². The molecule has 0 aromatic heterocycles. The molecule has 2 aromatic carbocycles. The van der Waals surface area contributed by atoms with E-state index in [-0.39, 0.29) is 11.8 Å². The van der Waals surface area contributed by atoms with E-state index >= 15 is 0 Å². The number of benzene rings is 2. The number of piperidine rings is 1. The summed E-state index contributed by atoms with van der Waals surface area (Å²) >= 11 is 7.89. The summed E-state index contributed by atoms with van der Waals surface area (Å²) in [5.41, 5.74) is 5.24. The quantitative estimate of drug-likeness (QED) is 0.755. The van der Waals surface area contributed by atoms with Crippen LogP contribution < -0.4 is 5.73 Å². The summed E-state index contributed by atoms with van der Waals surface area (Å²) in [6, 6.07) is 11.9. The van der Waals surface area contributed by atoms with Gasteiger partial charge in [-0.2, -0.15) is 0 Å². The van der Waals surface area contributed by atoms with Gasteiger partial charge in [0.05, 0.1) is 5.75 Å². The van der Waals surface area contributed by atoms with Crippen molar-refractivity contribution < 1.29 is 9.59 Å². The van der Waals surface area contributed by atoms with Crippen LogP contribution in [0, 0.1) is 5.92 Å². The van der Waals surface area contributed by atoms with Crippen molar-refractivity contribution in [3.63, 3.8) is 0 Å². The second kappa shape index (κ2) is 8.78. The zero-order valence-corrected chi connectivity index (χ0v) is 16.2. The van der Waals surface area contributed by atoms with Crippen molar-refractivity contribution >= 4 is 45.9 Å². The number of halogens is 1. The minimum Gasteiger partial charge on any atom is -0.370 e. The van der Waals surface area contributed by atoms with Crippen molar-refractivity contribution in [1.29, 1.82) is 0 Å². The first kappa shape index (κ1) is 19.1. The van der Waals surface area contributed by atoms with Crippen molar-refractivity contribution in [2.45, 2.75) is 30.6 Å². The molecule has 4 nitrogen and oxygen atoms in total. The molecule has 138 valence electrons. The maximum Gasteiger partial charge on any atom is 0.232 e. The lowest BCUT2D eigenvalue weighted by atomic mass is 9.93. The molecule has 2 amide bonds. The van der Waals surface area contributed by atoms with Crippen molar-refractivity contribution in [3.8, 4) is 0 Å². The number of amides is 2.